The molecule has 0 aromatic heterocycles. The zero-order valence-corrected chi connectivity index (χ0v) is 4.51. The van der Waals surface area contributed by atoms with Gasteiger partial charge in [0, 0.05) is 0 Å². The molecule has 0 aromatic rings. The number of rotatable bonds is 1. The highest BCUT2D eigenvalue weighted by molar-refractivity contribution is 7.24. The van der Waals surface area contributed by atoms with Crippen molar-refractivity contribution in [2.45, 2.75) is 0 Å². The molecule has 0 saturated heterocycles. The Morgan fingerprint density at radius 2 is 2.00 bits per heavy atom. The van der Waals surface area contributed by atoms with E-state index in [4.69, 9.17) is 11.1 Å². The third-order valence-corrected chi connectivity index (χ3v) is 0.964. The molecule has 0 rings (SSSR count). The van der Waals surface area contributed by atoms with Gasteiger partial charge in [-0.05, 0) is 0 Å². The second kappa shape index (κ2) is 3.65. The van der Waals surface area contributed by atoms with E-state index in [-0.39, 0.29) is 8.35 Å². The van der Waals surface area contributed by atoms with Crippen LogP contribution in [0.15, 0.2) is 0 Å². The van der Waals surface area contributed by atoms with E-state index >= 15 is 0 Å². The summed E-state index contributed by atoms with van der Waals surface area (Å²) in [5.41, 5.74) is 0. The fraction of sp³-hybridized carbons (Fsp3) is 0. The summed E-state index contributed by atoms with van der Waals surface area (Å²) in [5.74, 6) is 0. The Labute approximate surface area is 33.7 Å². The van der Waals surface area contributed by atoms with E-state index in [1.807, 2.05) is 0 Å². The fourth-order valence-electron chi connectivity index (χ4n) is 0. The molecule has 0 heterocycles. The molecule has 0 bridgehead atoms. The lowest BCUT2D eigenvalue weighted by molar-refractivity contribution is 0.893. The Kier molecular flexibility index (Phi) is 4.25. The first-order chi connectivity index (χ1) is 1.91. The molecular weight excluding hydrogens is 111 g/mol. The highest BCUT2D eigenvalue weighted by atomic mass is 35.6. The minimum Gasteiger partial charge on any atom is -0.318 e. The van der Waals surface area contributed by atoms with Gasteiger partial charge in [-0.2, -0.15) is 11.1 Å². The summed E-state index contributed by atoms with van der Waals surface area (Å²) >= 11 is 4.85. The predicted octanol–water partition coefficient (Wildman–Crippen LogP) is 0.348. The van der Waals surface area contributed by atoms with Gasteiger partial charge in [-0.15, -0.1) is 0 Å². The van der Waals surface area contributed by atoms with Crippen LogP contribution >= 0.6 is 11.1 Å². The molecule has 0 aliphatic heterocycles. The first-order valence-corrected chi connectivity index (χ1v) is 4.52. The van der Waals surface area contributed by atoms with Crippen molar-refractivity contribution in [1.29, 1.82) is 0 Å². The molecule has 0 saturated carbocycles. The summed E-state index contributed by atoms with van der Waals surface area (Å²) in [5, 5.41) is 0. The van der Waals surface area contributed by atoms with Gasteiger partial charge in [0.2, 0.25) is 0 Å². The average Bonchev–Trinajstić information content (AvgIpc) is 1.37. The quantitative estimate of drug-likeness (QED) is 0.338. The molecule has 4 heteroatoms. The summed E-state index contributed by atoms with van der Waals surface area (Å²) in [6.45, 7) is 0. The molecule has 4 radical (unpaired) electrons. The van der Waals surface area contributed by atoms with Crippen LogP contribution in [0.3, 0.4) is 0 Å². The normalized spacial score (nSPS) is 7.50. The lowest BCUT2D eigenvalue weighted by atomic mass is 18.9. The van der Waals surface area contributed by atoms with Gasteiger partial charge in [-0.3, -0.25) is 0 Å². The van der Waals surface area contributed by atoms with E-state index in [1.54, 1.807) is 0 Å². The smallest absolute Gasteiger partial charge is 0.291 e. The van der Waals surface area contributed by atoms with Crippen molar-refractivity contribution in [1.82, 2.24) is 0 Å². The van der Waals surface area contributed by atoms with Crippen LogP contribution in [0.1, 0.15) is 0 Å². The van der Waals surface area contributed by atoms with E-state index in [9.17, 15) is 4.11 Å². The van der Waals surface area contributed by atoms with E-state index in [0.29, 0.717) is 0 Å². The van der Waals surface area contributed by atoms with E-state index in [1.165, 1.54) is 0 Å². The molecule has 0 unspecified atom stereocenters. The molecule has 22 valence electrons. The molecule has 0 nitrogen and oxygen atoms in total. The minimum atomic E-state index is -0.566. The Bertz CT molecular complexity index is 8.00. The zero-order chi connectivity index (χ0) is 3.41. The van der Waals surface area contributed by atoms with Gasteiger partial charge in [0.15, 0.2) is 8.35 Å². The third-order valence-electron chi connectivity index (χ3n) is 0.0357. The maximum absolute atomic E-state index is 10.6. The standard InChI is InChI=1S/ClFSi2/c1-3-4-2. The first kappa shape index (κ1) is 4.65. The molecule has 0 aliphatic carbocycles. The second-order valence-electron chi connectivity index (χ2n) is 0.189. The number of hydrogen-bond acceptors (Lipinski definition) is 0. The summed E-state index contributed by atoms with van der Waals surface area (Å²) in [6, 6.07) is 0. The monoisotopic (exact) mass is 110 g/mol. The fourth-order valence-corrected chi connectivity index (χ4v) is 0. The van der Waals surface area contributed by atoms with Crippen LogP contribution < -0.4 is 0 Å². The third kappa shape index (κ3) is 2.65. The van der Waals surface area contributed by atoms with Crippen molar-refractivity contribution >= 4 is 28.8 Å². The highest BCUT2D eigenvalue weighted by Crippen LogP contribution is 1.60. The Hall–Kier alpha value is 0.654. The topological polar surface area (TPSA) is 0 Å². The molecule has 0 fully saturated rings. The van der Waals surface area contributed by atoms with E-state index < -0.39 is 9.37 Å². The zero-order valence-electron chi connectivity index (χ0n) is 1.76. The molecule has 0 spiro atoms. The maximum atomic E-state index is 10.6. The average molecular weight is 111 g/mol. The van der Waals surface area contributed by atoms with Crippen molar-refractivity contribution in [3.8, 4) is 0 Å². The van der Waals surface area contributed by atoms with Gasteiger partial charge in [-0.25, -0.2) is 0 Å². The molecule has 0 amide bonds. The number of halogens is 2. The van der Waals surface area contributed by atoms with Crippen molar-refractivity contribution in [2.24, 2.45) is 0 Å². The van der Waals surface area contributed by atoms with Gasteiger partial charge in [0.25, 0.3) is 9.37 Å². The Morgan fingerprint density at radius 3 is 2.00 bits per heavy atom. The van der Waals surface area contributed by atoms with E-state index in [0.717, 1.165) is 0 Å². The van der Waals surface area contributed by atoms with Gasteiger partial charge in [-0.1, -0.05) is 0 Å². The largest absolute Gasteiger partial charge is 0.318 e. The van der Waals surface area contributed by atoms with Crippen LogP contribution in [-0.2, 0) is 0 Å². The van der Waals surface area contributed by atoms with Crippen LogP contribution in [0, 0.1) is 0 Å². The first-order valence-electron chi connectivity index (χ1n) is 0.628. The minimum absolute atomic E-state index is 0.0262. The van der Waals surface area contributed by atoms with Gasteiger partial charge in [0.05, 0.1) is 0 Å². The summed E-state index contributed by atoms with van der Waals surface area (Å²) in [4.78, 5) is 0. The van der Waals surface area contributed by atoms with Crippen molar-refractivity contribution in [2.75, 3.05) is 0 Å². The maximum Gasteiger partial charge on any atom is 0.291 e. The van der Waals surface area contributed by atoms with Crippen LogP contribution in [0.25, 0.3) is 0 Å². The summed E-state index contributed by atoms with van der Waals surface area (Å²) in [6.07, 6.45) is 0. The molecule has 0 aromatic carbocycles. The van der Waals surface area contributed by atoms with Crippen LogP contribution in [0.2, 0.25) is 0 Å². The lowest BCUT2D eigenvalue weighted by Crippen LogP contribution is -1.81. The van der Waals surface area contributed by atoms with Gasteiger partial charge < -0.3 is 4.11 Å². The van der Waals surface area contributed by atoms with Crippen LogP contribution in [0.5, 0.6) is 0 Å². The molecule has 0 aliphatic rings. The highest BCUT2D eigenvalue weighted by Gasteiger charge is 1.75. The van der Waals surface area contributed by atoms with Gasteiger partial charge >= 0.3 is 0 Å². The molecule has 0 atom stereocenters. The van der Waals surface area contributed by atoms with Gasteiger partial charge in [0.1, 0.15) is 0 Å². The SMILES string of the molecule is F[Si][Si]Cl. The van der Waals surface area contributed by atoms with Crippen molar-refractivity contribution < 1.29 is 4.11 Å². The molecular formula is ClFSi2. The summed E-state index contributed by atoms with van der Waals surface area (Å²) < 4.78 is 10.6. The summed E-state index contributed by atoms with van der Waals surface area (Å²) in [7, 11) is -0.593. The Balaban J connectivity index is 1.97. The van der Waals surface area contributed by atoms with Crippen LogP contribution in [-0.4, -0.2) is 17.7 Å². The predicted molar refractivity (Wildman–Crippen MR) is 18.5 cm³/mol. The van der Waals surface area contributed by atoms with E-state index in [2.05, 4.69) is 0 Å². The van der Waals surface area contributed by atoms with Crippen molar-refractivity contribution in [3.05, 3.63) is 0 Å². The second-order valence-corrected chi connectivity index (χ2v) is 3.40. The number of hydrogen-bond donors (Lipinski definition) is 0. The lowest BCUT2D eigenvalue weighted by Gasteiger charge is -1.53. The van der Waals surface area contributed by atoms with Crippen LogP contribution in [0.4, 0.5) is 4.11 Å². The molecule has 4 heavy (non-hydrogen) atoms. The van der Waals surface area contributed by atoms with Crippen molar-refractivity contribution in [3.63, 3.8) is 0 Å². The Morgan fingerprint density at radius 1 is 1.75 bits per heavy atom. The molecule has 0 N–H and O–H groups in total.